The smallest absolute Gasteiger partial charge is 0.330 e. The number of esters is 1. The van der Waals surface area contributed by atoms with Crippen molar-refractivity contribution in [3.63, 3.8) is 0 Å². The number of non-ortho nitro benzene ring substituents is 1. The van der Waals surface area contributed by atoms with Gasteiger partial charge in [-0.25, -0.2) is 4.79 Å². The van der Waals surface area contributed by atoms with E-state index in [0.29, 0.717) is 23.7 Å². The van der Waals surface area contributed by atoms with Gasteiger partial charge in [-0.2, -0.15) is 0 Å². The van der Waals surface area contributed by atoms with Gasteiger partial charge in [0.2, 0.25) is 0 Å². The molecule has 0 unspecified atom stereocenters. The number of nitro benzene ring substituents is 1. The lowest BCUT2D eigenvalue weighted by molar-refractivity contribution is -0.384. The van der Waals surface area contributed by atoms with Crippen LogP contribution in [0.15, 0.2) is 46.9 Å². The molecule has 0 aliphatic rings. The number of furan rings is 1. The number of nitrogens with zero attached hydrogens (tertiary/aromatic N) is 1. The maximum atomic E-state index is 11.8. The molecule has 1 heterocycles. The number of unbranched alkanes of at least 4 members (excludes halogenated alkanes) is 7. The molecule has 0 saturated heterocycles. The zero-order valence-corrected chi connectivity index (χ0v) is 17.0. The fourth-order valence-corrected chi connectivity index (χ4v) is 2.98. The van der Waals surface area contributed by atoms with Crippen LogP contribution < -0.4 is 0 Å². The van der Waals surface area contributed by atoms with Crippen molar-refractivity contribution in [3.05, 3.63) is 58.3 Å². The first-order chi connectivity index (χ1) is 14.1. The summed E-state index contributed by atoms with van der Waals surface area (Å²) in [6.45, 7) is 2.64. The van der Waals surface area contributed by atoms with Crippen molar-refractivity contribution in [2.45, 2.75) is 58.3 Å². The van der Waals surface area contributed by atoms with Crippen molar-refractivity contribution in [2.24, 2.45) is 0 Å². The Morgan fingerprint density at radius 1 is 1.07 bits per heavy atom. The Bertz CT molecular complexity index is 809. The van der Waals surface area contributed by atoms with Gasteiger partial charge in [-0.3, -0.25) is 10.1 Å². The predicted molar refractivity (Wildman–Crippen MR) is 113 cm³/mol. The van der Waals surface area contributed by atoms with Crippen molar-refractivity contribution in [2.75, 3.05) is 6.61 Å². The predicted octanol–water partition coefficient (Wildman–Crippen LogP) is 6.55. The molecule has 0 bridgehead atoms. The highest BCUT2D eigenvalue weighted by Crippen LogP contribution is 2.26. The molecule has 0 radical (unpaired) electrons. The van der Waals surface area contributed by atoms with E-state index in [1.54, 1.807) is 24.3 Å². The van der Waals surface area contributed by atoms with Crippen molar-refractivity contribution in [3.8, 4) is 11.3 Å². The van der Waals surface area contributed by atoms with Crippen LogP contribution in [0.25, 0.3) is 17.4 Å². The lowest BCUT2D eigenvalue weighted by atomic mass is 10.1. The summed E-state index contributed by atoms with van der Waals surface area (Å²) in [4.78, 5) is 22.2. The van der Waals surface area contributed by atoms with E-state index in [2.05, 4.69) is 6.92 Å². The maximum Gasteiger partial charge on any atom is 0.330 e. The van der Waals surface area contributed by atoms with E-state index in [1.165, 1.54) is 62.8 Å². The zero-order valence-electron chi connectivity index (χ0n) is 17.0. The summed E-state index contributed by atoms with van der Waals surface area (Å²) >= 11 is 0. The topological polar surface area (TPSA) is 82.6 Å². The third kappa shape index (κ3) is 8.34. The van der Waals surface area contributed by atoms with Gasteiger partial charge in [0.05, 0.1) is 11.5 Å². The van der Waals surface area contributed by atoms with E-state index < -0.39 is 10.9 Å². The summed E-state index contributed by atoms with van der Waals surface area (Å²) in [5, 5.41) is 10.9. The Labute approximate surface area is 171 Å². The summed E-state index contributed by atoms with van der Waals surface area (Å²) in [5.41, 5.74) is 0.608. The zero-order chi connectivity index (χ0) is 20.9. The third-order valence-corrected chi connectivity index (χ3v) is 4.59. The van der Waals surface area contributed by atoms with Gasteiger partial charge in [0.25, 0.3) is 5.69 Å². The van der Waals surface area contributed by atoms with E-state index >= 15 is 0 Å². The molecule has 2 aromatic rings. The van der Waals surface area contributed by atoms with Gasteiger partial charge in [0.15, 0.2) is 0 Å². The van der Waals surface area contributed by atoms with E-state index in [4.69, 9.17) is 9.15 Å². The molecule has 1 aromatic carbocycles. The van der Waals surface area contributed by atoms with Crippen LogP contribution in [0.1, 0.15) is 64.1 Å². The Kier molecular flexibility index (Phi) is 9.69. The van der Waals surface area contributed by atoms with E-state index in [9.17, 15) is 14.9 Å². The normalized spacial score (nSPS) is 11.1. The van der Waals surface area contributed by atoms with E-state index in [0.717, 1.165) is 12.8 Å². The first-order valence-corrected chi connectivity index (χ1v) is 10.3. The number of hydrogen-bond acceptors (Lipinski definition) is 5. The third-order valence-electron chi connectivity index (χ3n) is 4.59. The van der Waals surface area contributed by atoms with Crippen molar-refractivity contribution >= 4 is 17.7 Å². The number of hydrogen-bond donors (Lipinski definition) is 0. The highest BCUT2D eigenvalue weighted by atomic mass is 16.6. The number of benzene rings is 1. The molecular weight excluding hydrogens is 370 g/mol. The largest absolute Gasteiger partial charge is 0.463 e. The second kappa shape index (κ2) is 12.5. The molecule has 0 atom stereocenters. The van der Waals surface area contributed by atoms with Gasteiger partial charge >= 0.3 is 5.97 Å². The molecule has 6 heteroatoms. The lowest BCUT2D eigenvalue weighted by Gasteiger charge is -2.02. The summed E-state index contributed by atoms with van der Waals surface area (Å²) < 4.78 is 10.8. The van der Waals surface area contributed by atoms with Gasteiger partial charge in [0, 0.05) is 23.8 Å². The minimum atomic E-state index is -0.449. The van der Waals surface area contributed by atoms with Crippen LogP contribution in [-0.2, 0) is 9.53 Å². The monoisotopic (exact) mass is 399 g/mol. The fraction of sp³-hybridized carbons (Fsp3) is 0.435. The second-order valence-electron chi connectivity index (χ2n) is 6.99. The average molecular weight is 399 g/mol. The average Bonchev–Trinajstić information content (AvgIpc) is 3.20. The van der Waals surface area contributed by atoms with Crippen molar-refractivity contribution in [1.29, 1.82) is 0 Å². The molecule has 156 valence electrons. The number of rotatable bonds is 13. The Morgan fingerprint density at radius 3 is 2.52 bits per heavy atom. The van der Waals surface area contributed by atoms with Crippen LogP contribution >= 0.6 is 0 Å². The molecule has 2 rings (SSSR count). The molecule has 0 N–H and O–H groups in total. The maximum absolute atomic E-state index is 11.8. The molecule has 0 fully saturated rings. The highest BCUT2D eigenvalue weighted by molar-refractivity contribution is 5.86. The number of carbonyl (C=O) groups is 1. The van der Waals surface area contributed by atoms with Gasteiger partial charge in [-0.05, 0) is 24.6 Å². The molecule has 29 heavy (non-hydrogen) atoms. The minimum Gasteiger partial charge on any atom is -0.463 e. The molecule has 0 aliphatic heterocycles. The van der Waals surface area contributed by atoms with Crippen LogP contribution in [0.5, 0.6) is 0 Å². The van der Waals surface area contributed by atoms with E-state index in [-0.39, 0.29) is 5.69 Å². The Morgan fingerprint density at radius 2 is 1.79 bits per heavy atom. The van der Waals surface area contributed by atoms with Gasteiger partial charge < -0.3 is 9.15 Å². The molecular formula is C23H29NO5. The minimum absolute atomic E-state index is 0.000490. The fourth-order valence-electron chi connectivity index (χ4n) is 2.98. The highest BCUT2D eigenvalue weighted by Gasteiger charge is 2.09. The molecule has 0 saturated carbocycles. The quantitative estimate of drug-likeness (QED) is 0.125. The number of ether oxygens (including phenoxy) is 1. The first kappa shape index (κ1) is 22.4. The molecule has 0 aliphatic carbocycles. The number of nitro groups is 1. The van der Waals surface area contributed by atoms with Crippen molar-refractivity contribution in [1.82, 2.24) is 0 Å². The number of carbonyl (C=O) groups excluding carboxylic acids is 1. The summed E-state index contributed by atoms with van der Waals surface area (Å²) in [6.07, 6.45) is 12.4. The first-order valence-electron chi connectivity index (χ1n) is 10.3. The molecule has 6 nitrogen and oxygen atoms in total. The summed E-state index contributed by atoms with van der Waals surface area (Å²) in [5.74, 6) is 0.581. The van der Waals surface area contributed by atoms with Crippen LogP contribution in [0.3, 0.4) is 0 Å². The van der Waals surface area contributed by atoms with Gasteiger partial charge in [-0.15, -0.1) is 0 Å². The van der Waals surface area contributed by atoms with Crippen LogP contribution in [-0.4, -0.2) is 17.5 Å². The second-order valence-corrected chi connectivity index (χ2v) is 6.99. The Hall–Kier alpha value is -2.89. The van der Waals surface area contributed by atoms with Crippen molar-refractivity contribution < 1.29 is 18.9 Å². The van der Waals surface area contributed by atoms with Gasteiger partial charge in [0.1, 0.15) is 11.5 Å². The molecule has 0 amide bonds. The summed E-state index contributed by atoms with van der Waals surface area (Å²) in [7, 11) is 0. The Balaban J connectivity index is 1.70. The standard InChI is InChI=1S/C23H29NO5/c1-2-3-4-5-6-7-8-9-17-28-23(25)16-14-21-13-15-22(29-21)19-11-10-12-20(18-19)24(26)27/h10-16,18H,2-9,17H2,1H3. The van der Waals surface area contributed by atoms with Crippen LogP contribution in [0.4, 0.5) is 5.69 Å². The van der Waals surface area contributed by atoms with Crippen LogP contribution in [0, 0.1) is 10.1 Å². The molecule has 1 aromatic heterocycles. The SMILES string of the molecule is CCCCCCCCCCOC(=O)C=Cc1ccc(-c2cccc([N+](=O)[O-])c2)o1. The molecule has 0 spiro atoms. The summed E-state index contributed by atoms with van der Waals surface area (Å²) in [6, 6.07) is 9.63. The van der Waals surface area contributed by atoms with E-state index in [1.807, 2.05) is 0 Å². The van der Waals surface area contributed by atoms with Crippen LogP contribution in [0.2, 0.25) is 0 Å². The van der Waals surface area contributed by atoms with Gasteiger partial charge in [-0.1, -0.05) is 64.0 Å². The lowest BCUT2D eigenvalue weighted by Crippen LogP contribution is -2.02.